The lowest BCUT2D eigenvalue weighted by Gasteiger charge is -2.18. The molecule has 0 saturated carbocycles. The summed E-state index contributed by atoms with van der Waals surface area (Å²) in [4.78, 5) is 25.8. The van der Waals surface area contributed by atoms with Crippen molar-refractivity contribution in [2.45, 2.75) is 12.5 Å². The topological polar surface area (TPSA) is 69.6 Å². The molecule has 1 unspecified atom stereocenters. The van der Waals surface area contributed by atoms with Crippen LogP contribution in [0.15, 0.2) is 54.6 Å². The molecule has 2 aromatic rings. The maximum atomic E-state index is 12.4. The summed E-state index contributed by atoms with van der Waals surface area (Å²) in [5.41, 5.74) is 1.95. The molecule has 0 heterocycles. The molecule has 24 heavy (non-hydrogen) atoms. The van der Waals surface area contributed by atoms with Crippen LogP contribution in [-0.4, -0.2) is 42.5 Å². The molecule has 2 aromatic carbocycles. The number of rotatable bonds is 6. The summed E-state index contributed by atoms with van der Waals surface area (Å²) in [6, 6.07) is 15.8. The van der Waals surface area contributed by atoms with E-state index in [0.29, 0.717) is 17.5 Å². The van der Waals surface area contributed by atoms with Crippen LogP contribution in [0.5, 0.6) is 0 Å². The first kappa shape index (κ1) is 17.7. The number of carbonyl (C=O) groups excluding carboxylic acids is 2. The van der Waals surface area contributed by atoms with Crippen molar-refractivity contribution in [1.29, 1.82) is 0 Å². The minimum absolute atomic E-state index is 0.0177. The third-order valence-corrected chi connectivity index (χ3v) is 3.73. The molecule has 2 amide bonds. The van der Waals surface area contributed by atoms with E-state index in [0.717, 1.165) is 5.56 Å². The molecule has 0 aromatic heterocycles. The van der Waals surface area contributed by atoms with Gasteiger partial charge in [-0.1, -0.05) is 30.3 Å². The average Bonchev–Trinajstić information content (AvgIpc) is 2.61. The predicted molar refractivity (Wildman–Crippen MR) is 92.8 cm³/mol. The summed E-state index contributed by atoms with van der Waals surface area (Å²) in [6.45, 7) is -0.0177. The van der Waals surface area contributed by atoms with Crippen LogP contribution in [0, 0.1) is 0 Å². The van der Waals surface area contributed by atoms with E-state index in [1.54, 1.807) is 38.4 Å². The van der Waals surface area contributed by atoms with Crippen LogP contribution < -0.4 is 5.32 Å². The number of nitrogens with one attached hydrogen (secondary N) is 1. The first-order chi connectivity index (χ1) is 11.5. The van der Waals surface area contributed by atoms with Gasteiger partial charge in [-0.2, -0.15) is 0 Å². The Morgan fingerprint density at radius 3 is 2.12 bits per heavy atom. The van der Waals surface area contributed by atoms with E-state index < -0.39 is 0 Å². The summed E-state index contributed by atoms with van der Waals surface area (Å²) < 4.78 is 0. The monoisotopic (exact) mass is 326 g/mol. The normalized spacial score (nSPS) is 11.6. The van der Waals surface area contributed by atoms with E-state index in [4.69, 9.17) is 0 Å². The molecule has 0 aliphatic carbocycles. The average molecular weight is 326 g/mol. The van der Waals surface area contributed by atoms with Crippen molar-refractivity contribution in [3.63, 3.8) is 0 Å². The zero-order valence-corrected chi connectivity index (χ0v) is 13.9. The van der Waals surface area contributed by atoms with Crippen molar-refractivity contribution in [3.8, 4) is 0 Å². The number of nitrogens with zero attached hydrogens (tertiary/aromatic N) is 1. The summed E-state index contributed by atoms with van der Waals surface area (Å²) in [5, 5.41) is 12.2. The Bertz CT molecular complexity index is 682. The summed E-state index contributed by atoms with van der Waals surface area (Å²) in [6.07, 6.45) is 0.437. The predicted octanol–water partition coefficient (Wildman–Crippen LogP) is 2.24. The molecule has 2 N–H and O–H groups in total. The fraction of sp³-hybridized carbons (Fsp3) is 0.263. The molecule has 0 fully saturated rings. The minimum atomic E-state index is -0.258. The molecule has 0 aliphatic heterocycles. The molecule has 0 bridgehead atoms. The van der Waals surface area contributed by atoms with Gasteiger partial charge in [0.2, 0.25) is 0 Å². The van der Waals surface area contributed by atoms with Crippen LogP contribution in [-0.2, 0) is 0 Å². The van der Waals surface area contributed by atoms with Gasteiger partial charge in [-0.05, 0) is 36.2 Å². The van der Waals surface area contributed by atoms with Crippen molar-refractivity contribution in [3.05, 3.63) is 71.3 Å². The zero-order chi connectivity index (χ0) is 17.5. The SMILES string of the molecule is CN(C)C(=O)c1ccc(C(=O)NC(CCO)c2ccccc2)cc1. The Morgan fingerprint density at radius 2 is 1.58 bits per heavy atom. The van der Waals surface area contributed by atoms with E-state index in [-0.39, 0.29) is 24.5 Å². The van der Waals surface area contributed by atoms with Crippen molar-refractivity contribution in [2.24, 2.45) is 0 Å². The third kappa shape index (κ3) is 4.43. The van der Waals surface area contributed by atoms with Crippen LogP contribution in [0.3, 0.4) is 0 Å². The molecule has 2 rings (SSSR count). The van der Waals surface area contributed by atoms with Gasteiger partial charge < -0.3 is 15.3 Å². The number of hydrogen-bond acceptors (Lipinski definition) is 3. The highest BCUT2D eigenvalue weighted by atomic mass is 16.3. The lowest BCUT2D eigenvalue weighted by molar-refractivity contribution is 0.0826. The second kappa shape index (κ2) is 8.26. The van der Waals surface area contributed by atoms with Gasteiger partial charge in [-0.25, -0.2) is 0 Å². The van der Waals surface area contributed by atoms with Gasteiger partial charge in [0.15, 0.2) is 0 Å². The summed E-state index contributed by atoms with van der Waals surface area (Å²) >= 11 is 0. The Kier molecular flexibility index (Phi) is 6.09. The van der Waals surface area contributed by atoms with Crippen LogP contribution in [0.25, 0.3) is 0 Å². The van der Waals surface area contributed by atoms with Crippen molar-refractivity contribution >= 4 is 11.8 Å². The van der Waals surface area contributed by atoms with E-state index >= 15 is 0 Å². The third-order valence-electron chi connectivity index (χ3n) is 3.73. The number of hydrogen-bond donors (Lipinski definition) is 2. The fourth-order valence-electron chi connectivity index (χ4n) is 2.40. The van der Waals surface area contributed by atoms with Crippen molar-refractivity contribution in [1.82, 2.24) is 10.2 Å². The Balaban J connectivity index is 2.11. The molecule has 126 valence electrons. The molecule has 1 atom stereocenters. The van der Waals surface area contributed by atoms with Gasteiger partial charge >= 0.3 is 0 Å². The van der Waals surface area contributed by atoms with Gasteiger partial charge in [0, 0.05) is 31.8 Å². The van der Waals surface area contributed by atoms with Gasteiger partial charge in [0.05, 0.1) is 6.04 Å². The molecular weight excluding hydrogens is 304 g/mol. The molecule has 0 saturated heterocycles. The molecule has 0 aliphatic rings. The van der Waals surface area contributed by atoms with E-state index in [9.17, 15) is 14.7 Å². The first-order valence-corrected chi connectivity index (χ1v) is 7.81. The number of benzene rings is 2. The molecule has 0 radical (unpaired) electrons. The van der Waals surface area contributed by atoms with E-state index in [2.05, 4.69) is 5.32 Å². The van der Waals surface area contributed by atoms with Gasteiger partial charge in [-0.3, -0.25) is 9.59 Å². The van der Waals surface area contributed by atoms with Gasteiger partial charge in [-0.15, -0.1) is 0 Å². The zero-order valence-electron chi connectivity index (χ0n) is 13.9. The standard InChI is InChI=1S/C19H22N2O3/c1-21(2)19(24)16-10-8-15(9-11-16)18(23)20-17(12-13-22)14-6-4-3-5-7-14/h3-11,17,22H,12-13H2,1-2H3,(H,20,23). The maximum absolute atomic E-state index is 12.4. The lowest BCUT2D eigenvalue weighted by atomic mass is 10.0. The van der Waals surface area contributed by atoms with Crippen LogP contribution in [0.4, 0.5) is 0 Å². The highest BCUT2D eigenvalue weighted by Gasteiger charge is 2.16. The first-order valence-electron chi connectivity index (χ1n) is 7.81. The molecule has 5 heteroatoms. The highest BCUT2D eigenvalue weighted by molar-refractivity contribution is 5.97. The number of carbonyl (C=O) groups is 2. The summed E-state index contributed by atoms with van der Waals surface area (Å²) in [5.74, 6) is -0.342. The summed E-state index contributed by atoms with van der Waals surface area (Å²) in [7, 11) is 3.37. The van der Waals surface area contributed by atoms with Gasteiger partial charge in [0.25, 0.3) is 11.8 Å². The maximum Gasteiger partial charge on any atom is 0.253 e. The van der Waals surface area contributed by atoms with Crippen LogP contribution in [0.2, 0.25) is 0 Å². The number of amides is 2. The fourth-order valence-corrected chi connectivity index (χ4v) is 2.40. The van der Waals surface area contributed by atoms with Gasteiger partial charge in [0.1, 0.15) is 0 Å². The van der Waals surface area contributed by atoms with Crippen molar-refractivity contribution in [2.75, 3.05) is 20.7 Å². The smallest absolute Gasteiger partial charge is 0.253 e. The van der Waals surface area contributed by atoms with Crippen molar-refractivity contribution < 1.29 is 14.7 Å². The van der Waals surface area contributed by atoms with E-state index in [1.165, 1.54) is 4.90 Å². The largest absolute Gasteiger partial charge is 0.396 e. The second-order valence-electron chi connectivity index (χ2n) is 5.73. The van der Waals surface area contributed by atoms with Crippen LogP contribution in [0.1, 0.15) is 38.7 Å². The Morgan fingerprint density at radius 1 is 1.00 bits per heavy atom. The van der Waals surface area contributed by atoms with Crippen LogP contribution >= 0.6 is 0 Å². The van der Waals surface area contributed by atoms with E-state index in [1.807, 2.05) is 30.3 Å². The Labute approximate surface area is 141 Å². The quantitative estimate of drug-likeness (QED) is 0.855. The molecule has 0 spiro atoms. The number of aliphatic hydroxyl groups is 1. The number of aliphatic hydroxyl groups excluding tert-OH is 1. The molecular formula is C19H22N2O3. The lowest BCUT2D eigenvalue weighted by Crippen LogP contribution is -2.29. The highest BCUT2D eigenvalue weighted by Crippen LogP contribution is 2.17. The molecule has 5 nitrogen and oxygen atoms in total. The Hall–Kier alpha value is -2.66. The second-order valence-corrected chi connectivity index (χ2v) is 5.73. The minimum Gasteiger partial charge on any atom is -0.396 e.